The van der Waals surface area contributed by atoms with Gasteiger partial charge in [-0.3, -0.25) is 14.4 Å². The molecule has 1 saturated heterocycles. The lowest BCUT2D eigenvalue weighted by Gasteiger charge is -2.42. The first kappa shape index (κ1) is 22.0. The van der Waals surface area contributed by atoms with E-state index in [1.807, 2.05) is 0 Å². The Morgan fingerprint density at radius 1 is 1.12 bits per heavy atom. The molecule has 0 spiro atoms. The zero-order chi connectivity index (χ0) is 22.8. The fourth-order valence-corrected chi connectivity index (χ4v) is 5.31. The average molecular weight is 446 g/mol. The number of hydrogen-bond donors (Lipinski definition) is 1. The van der Waals surface area contributed by atoms with Crippen LogP contribution in [0.1, 0.15) is 49.9 Å². The molecule has 3 aromatic rings. The molecule has 2 N–H and O–H groups in total. The van der Waals surface area contributed by atoms with Crippen molar-refractivity contribution in [1.82, 2.24) is 14.7 Å². The zero-order valence-electron chi connectivity index (χ0n) is 19.6. The fraction of sp³-hybridized carbons (Fsp3) is 0.481. The van der Waals surface area contributed by atoms with E-state index in [1.165, 1.54) is 47.1 Å². The number of nitrogens with two attached hydrogens (primary N) is 1. The summed E-state index contributed by atoms with van der Waals surface area (Å²) >= 11 is 0. The molecule has 2 aromatic carbocycles. The summed E-state index contributed by atoms with van der Waals surface area (Å²) in [6.45, 7) is 5.75. The number of anilines is 1. The fourth-order valence-electron chi connectivity index (χ4n) is 5.31. The van der Waals surface area contributed by atoms with Crippen LogP contribution in [0.25, 0.3) is 10.9 Å². The highest BCUT2D eigenvalue weighted by atomic mass is 16.1. The van der Waals surface area contributed by atoms with Crippen molar-refractivity contribution in [1.29, 1.82) is 0 Å². The highest BCUT2D eigenvalue weighted by Crippen LogP contribution is 2.36. The van der Waals surface area contributed by atoms with Gasteiger partial charge < -0.3 is 10.6 Å². The molecule has 1 atom stereocenters. The number of aromatic nitrogens is 2. The first-order valence-corrected chi connectivity index (χ1v) is 12.4. The van der Waals surface area contributed by atoms with Gasteiger partial charge in [0.2, 0.25) is 5.91 Å². The molecule has 1 amide bonds. The molecule has 1 saturated carbocycles. The van der Waals surface area contributed by atoms with Crippen LogP contribution in [0.5, 0.6) is 0 Å². The maximum atomic E-state index is 11.4. The van der Waals surface area contributed by atoms with Crippen LogP contribution in [0.3, 0.4) is 0 Å². The van der Waals surface area contributed by atoms with Gasteiger partial charge in [0.05, 0.1) is 17.3 Å². The van der Waals surface area contributed by atoms with E-state index < -0.39 is 0 Å². The molecular weight excluding hydrogens is 410 g/mol. The van der Waals surface area contributed by atoms with Crippen LogP contribution in [0, 0.1) is 0 Å². The van der Waals surface area contributed by atoms with E-state index in [4.69, 9.17) is 10.8 Å². The molecule has 2 aliphatic rings. The minimum Gasteiger partial charge on any atom is -0.370 e. The summed E-state index contributed by atoms with van der Waals surface area (Å²) in [7, 11) is 0. The summed E-state index contributed by atoms with van der Waals surface area (Å²) in [6.07, 6.45) is 6.13. The molecule has 6 heteroatoms. The Labute approximate surface area is 196 Å². The first-order chi connectivity index (χ1) is 16.1. The van der Waals surface area contributed by atoms with Crippen LogP contribution in [0.2, 0.25) is 0 Å². The van der Waals surface area contributed by atoms with Crippen LogP contribution < -0.4 is 10.6 Å². The zero-order valence-corrected chi connectivity index (χ0v) is 19.6. The second-order valence-electron chi connectivity index (χ2n) is 9.57. The normalized spacial score (nSPS) is 19.7. The number of rotatable bonds is 8. The second kappa shape index (κ2) is 9.56. The van der Waals surface area contributed by atoms with Crippen molar-refractivity contribution in [2.75, 3.05) is 31.1 Å². The number of carbonyl (C=O) groups excluding carboxylic acids is 1. The van der Waals surface area contributed by atoms with Crippen molar-refractivity contribution in [3.63, 3.8) is 0 Å². The summed E-state index contributed by atoms with van der Waals surface area (Å²) in [4.78, 5) is 16.4. The number of amides is 1. The maximum absolute atomic E-state index is 11.4. The first-order valence-electron chi connectivity index (χ1n) is 12.4. The highest BCUT2D eigenvalue weighted by Gasteiger charge is 2.29. The molecule has 0 radical (unpaired) electrons. The smallest absolute Gasteiger partial charge is 0.218 e. The Hall–Kier alpha value is -2.86. The average Bonchev–Trinajstić information content (AvgIpc) is 3.15. The number of aryl methyl sites for hydroxylation is 1. The SMILES string of the molecule is CCc1nn(C2CCC2)c2cc(N3CCN(CCC(N)=O)[C@@H](Cc4ccccc4)C3)ccc12. The number of fused-ring (bicyclic) bond motifs is 1. The number of hydrogen-bond acceptors (Lipinski definition) is 4. The predicted molar refractivity (Wildman–Crippen MR) is 134 cm³/mol. The number of benzene rings is 2. The molecule has 174 valence electrons. The van der Waals surface area contributed by atoms with Gasteiger partial charge in [-0.15, -0.1) is 0 Å². The van der Waals surface area contributed by atoms with Crippen molar-refractivity contribution in [3.8, 4) is 0 Å². The van der Waals surface area contributed by atoms with Crippen molar-refractivity contribution in [2.24, 2.45) is 5.73 Å². The lowest BCUT2D eigenvalue weighted by atomic mass is 9.93. The van der Waals surface area contributed by atoms with Crippen LogP contribution in [0.4, 0.5) is 5.69 Å². The lowest BCUT2D eigenvalue weighted by molar-refractivity contribution is -0.118. The van der Waals surface area contributed by atoms with Gasteiger partial charge in [-0.25, -0.2) is 0 Å². The van der Waals surface area contributed by atoms with E-state index in [1.54, 1.807) is 0 Å². The number of piperazine rings is 1. The van der Waals surface area contributed by atoms with Crippen molar-refractivity contribution < 1.29 is 4.79 Å². The minimum absolute atomic E-state index is 0.225. The highest BCUT2D eigenvalue weighted by molar-refractivity contribution is 5.85. The molecule has 2 fully saturated rings. The van der Waals surface area contributed by atoms with Crippen molar-refractivity contribution >= 4 is 22.5 Å². The molecule has 33 heavy (non-hydrogen) atoms. The Kier molecular flexibility index (Phi) is 6.36. The van der Waals surface area contributed by atoms with E-state index in [-0.39, 0.29) is 5.91 Å². The Morgan fingerprint density at radius 2 is 1.94 bits per heavy atom. The summed E-state index contributed by atoms with van der Waals surface area (Å²) in [5, 5.41) is 6.29. The summed E-state index contributed by atoms with van der Waals surface area (Å²) in [5.74, 6) is -0.225. The van der Waals surface area contributed by atoms with Gasteiger partial charge in [0.15, 0.2) is 0 Å². The van der Waals surface area contributed by atoms with E-state index in [2.05, 4.69) is 69.9 Å². The Morgan fingerprint density at radius 3 is 2.64 bits per heavy atom. The maximum Gasteiger partial charge on any atom is 0.218 e. The monoisotopic (exact) mass is 445 g/mol. The van der Waals surface area contributed by atoms with E-state index >= 15 is 0 Å². The van der Waals surface area contributed by atoms with Gasteiger partial charge in [-0.2, -0.15) is 5.10 Å². The number of nitrogens with zero attached hydrogens (tertiary/aromatic N) is 4. The molecule has 2 heterocycles. The summed E-state index contributed by atoms with van der Waals surface area (Å²) < 4.78 is 2.30. The van der Waals surface area contributed by atoms with Gasteiger partial charge in [-0.1, -0.05) is 37.3 Å². The lowest BCUT2D eigenvalue weighted by Crippen LogP contribution is -2.54. The van der Waals surface area contributed by atoms with Gasteiger partial charge >= 0.3 is 0 Å². The van der Waals surface area contributed by atoms with Crippen LogP contribution in [0.15, 0.2) is 48.5 Å². The molecule has 6 nitrogen and oxygen atoms in total. The van der Waals surface area contributed by atoms with Crippen LogP contribution >= 0.6 is 0 Å². The van der Waals surface area contributed by atoms with Crippen LogP contribution in [-0.2, 0) is 17.6 Å². The third kappa shape index (κ3) is 4.62. The molecule has 1 aliphatic carbocycles. The standard InChI is InChI=1S/C27H35N5O/c1-2-25-24-12-11-22(18-26(24)32(29-25)21-9-6-10-21)31-16-15-30(14-13-27(28)33)23(19-31)17-20-7-4-3-5-8-20/h3-5,7-8,11-12,18,21,23H,2,6,9-10,13-17,19H2,1H3,(H2,28,33)/t23-/m0/s1. The summed E-state index contributed by atoms with van der Waals surface area (Å²) in [6, 6.07) is 18.5. The second-order valence-corrected chi connectivity index (χ2v) is 9.57. The van der Waals surface area contributed by atoms with E-state index in [0.29, 0.717) is 18.5 Å². The molecular formula is C27H35N5O. The van der Waals surface area contributed by atoms with Gasteiger partial charge in [-0.05, 0) is 55.9 Å². The van der Waals surface area contributed by atoms with Gasteiger partial charge in [0.1, 0.15) is 0 Å². The molecule has 5 rings (SSSR count). The van der Waals surface area contributed by atoms with Gasteiger partial charge in [0.25, 0.3) is 0 Å². The Bertz CT molecular complexity index is 1100. The number of primary amides is 1. The third-order valence-corrected chi connectivity index (χ3v) is 7.45. The largest absolute Gasteiger partial charge is 0.370 e. The van der Waals surface area contributed by atoms with Crippen LogP contribution in [-0.4, -0.2) is 52.8 Å². The number of carbonyl (C=O) groups is 1. The molecule has 1 aliphatic heterocycles. The van der Waals surface area contributed by atoms with Gasteiger partial charge in [0, 0.05) is 49.7 Å². The van der Waals surface area contributed by atoms with Crippen molar-refractivity contribution in [3.05, 3.63) is 59.8 Å². The minimum atomic E-state index is -0.225. The quantitative estimate of drug-likeness (QED) is 0.570. The van der Waals surface area contributed by atoms with E-state index in [0.717, 1.165) is 39.0 Å². The molecule has 0 unspecified atom stereocenters. The van der Waals surface area contributed by atoms with Crippen molar-refractivity contribution in [2.45, 2.75) is 57.5 Å². The third-order valence-electron chi connectivity index (χ3n) is 7.45. The van der Waals surface area contributed by atoms with E-state index in [9.17, 15) is 4.79 Å². The predicted octanol–water partition coefficient (Wildman–Crippen LogP) is 3.93. The Balaban J connectivity index is 1.40. The molecule has 0 bridgehead atoms. The summed E-state index contributed by atoms with van der Waals surface area (Å²) in [5.41, 5.74) is 10.6. The molecule has 1 aromatic heterocycles. The topological polar surface area (TPSA) is 67.4 Å².